The molecule has 1 aromatic rings. The van der Waals surface area contributed by atoms with Crippen molar-refractivity contribution in [1.82, 2.24) is 4.31 Å². The van der Waals surface area contributed by atoms with Crippen LogP contribution in [-0.2, 0) is 10.0 Å². The van der Waals surface area contributed by atoms with Crippen molar-refractivity contribution in [3.8, 4) is 5.75 Å². The third-order valence-electron chi connectivity index (χ3n) is 3.47. The van der Waals surface area contributed by atoms with Crippen molar-refractivity contribution in [2.24, 2.45) is 5.73 Å². The molecule has 116 valence electrons. The molecule has 21 heavy (non-hydrogen) atoms. The molecule has 0 radical (unpaired) electrons. The third-order valence-corrected chi connectivity index (χ3v) is 5.39. The van der Waals surface area contributed by atoms with Crippen LogP contribution in [0, 0.1) is 10.1 Å². The van der Waals surface area contributed by atoms with Gasteiger partial charge in [0.1, 0.15) is 10.6 Å². The van der Waals surface area contributed by atoms with E-state index in [-0.39, 0.29) is 22.4 Å². The molecule has 1 heterocycles. The molecule has 0 saturated carbocycles. The molecule has 0 unspecified atom stereocenters. The minimum absolute atomic E-state index is 0.0107. The Morgan fingerprint density at radius 2 is 2.00 bits per heavy atom. The number of rotatable bonds is 4. The number of ether oxygens (including phenoxy) is 1. The van der Waals surface area contributed by atoms with E-state index < -0.39 is 14.9 Å². The van der Waals surface area contributed by atoms with Gasteiger partial charge in [-0.3, -0.25) is 10.1 Å². The van der Waals surface area contributed by atoms with Gasteiger partial charge in [0.15, 0.2) is 0 Å². The summed E-state index contributed by atoms with van der Waals surface area (Å²) in [4.78, 5) is 10.0. The number of nitrogens with two attached hydrogens (primary N) is 1. The maximum atomic E-state index is 12.6. The summed E-state index contributed by atoms with van der Waals surface area (Å²) in [6.45, 7) is 0.602. The number of hydrogen-bond acceptors (Lipinski definition) is 6. The van der Waals surface area contributed by atoms with Crippen molar-refractivity contribution in [2.45, 2.75) is 23.8 Å². The van der Waals surface area contributed by atoms with Crippen molar-refractivity contribution in [3.05, 3.63) is 28.3 Å². The number of nitro groups is 1. The second-order valence-electron chi connectivity index (χ2n) is 4.83. The van der Waals surface area contributed by atoms with Crippen molar-refractivity contribution >= 4 is 15.7 Å². The number of benzene rings is 1. The monoisotopic (exact) mass is 315 g/mol. The van der Waals surface area contributed by atoms with E-state index in [1.54, 1.807) is 0 Å². The fraction of sp³-hybridized carbons (Fsp3) is 0.500. The summed E-state index contributed by atoms with van der Waals surface area (Å²) in [5.41, 5.74) is 5.47. The Bertz CT molecular complexity index is 638. The van der Waals surface area contributed by atoms with Gasteiger partial charge in [0.25, 0.3) is 5.69 Å². The molecule has 9 heteroatoms. The molecule has 0 spiro atoms. The molecule has 2 rings (SSSR count). The largest absolute Gasteiger partial charge is 0.495 e. The summed E-state index contributed by atoms with van der Waals surface area (Å²) >= 11 is 0. The summed E-state index contributed by atoms with van der Waals surface area (Å²) < 4.78 is 31.6. The molecule has 0 bridgehead atoms. The highest BCUT2D eigenvalue weighted by Gasteiger charge is 2.31. The average molecular weight is 315 g/mol. The standard InChI is InChI=1S/C12H17N3O5S/c1-20-11-3-2-10(15(16)17)8-12(11)21(18,19)14-6-4-9(13)5-7-14/h2-3,8-9H,4-7,13H2,1H3. The van der Waals surface area contributed by atoms with Crippen LogP contribution in [0.5, 0.6) is 5.75 Å². The van der Waals surface area contributed by atoms with E-state index in [2.05, 4.69) is 0 Å². The van der Waals surface area contributed by atoms with Crippen LogP contribution in [0.25, 0.3) is 0 Å². The topological polar surface area (TPSA) is 116 Å². The van der Waals surface area contributed by atoms with Crippen LogP contribution in [0.15, 0.2) is 23.1 Å². The van der Waals surface area contributed by atoms with E-state index in [4.69, 9.17) is 10.5 Å². The number of sulfonamides is 1. The lowest BCUT2D eigenvalue weighted by Crippen LogP contribution is -2.42. The number of hydrogen-bond donors (Lipinski definition) is 1. The molecule has 2 N–H and O–H groups in total. The molecule has 1 aliphatic heterocycles. The van der Waals surface area contributed by atoms with Crippen molar-refractivity contribution in [2.75, 3.05) is 20.2 Å². The highest BCUT2D eigenvalue weighted by atomic mass is 32.2. The first-order chi connectivity index (χ1) is 9.86. The Labute approximate surface area is 122 Å². The summed E-state index contributed by atoms with van der Waals surface area (Å²) in [6, 6.07) is 3.52. The first-order valence-electron chi connectivity index (χ1n) is 6.44. The van der Waals surface area contributed by atoms with Crippen LogP contribution in [0.4, 0.5) is 5.69 Å². The van der Waals surface area contributed by atoms with E-state index >= 15 is 0 Å². The van der Waals surface area contributed by atoms with Crippen LogP contribution in [0.2, 0.25) is 0 Å². The quantitative estimate of drug-likeness (QED) is 0.646. The summed E-state index contributed by atoms with van der Waals surface area (Å²) in [6.07, 6.45) is 1.13. The van der Waals surface area contributed by atoms with Gasteiger partial charge in [-0.2, -0.15) is 4.31 Å². The average Bonchev–Trinajstić information content (AvgIpc) is 2.46. The number of nitro benzene ring substituents is 1. The van der Waals surface area contributed by atoms with E-state index in [9.17, 15) is 18.5 Å². The molecule has 1 saturated heterocycles. The number of methoxy groups -OCH3 is 1. The van der Waals surface area contributed by atoms with Crippen molar-refractivity contribution in [1.29, 1.82) is 0 Å². The summed E-state index contributed by atoms with van der Waals surface area (Å²) in [5.74, 6) is 0.0930. The lowest BCUT2D eigenvalue weighted by Gasteiger charge is -2.29. The van der Waals surface area contributed by atoms with Crippen LogP contribution < -0.4 is 10.5 Å². The van der Waals surface area contributed by atoms with Crippen LogP contribution >= 0.6 is 0 Å². The van der Waals surface area contributed by atoms with Crippen molar-refractivity contribution < 1.29 is 18.1 Å². The number of non-ortho nitro benzene ring substituents is 1. The molecule has 1 fully saturated rings. The number of piperidine rings is 1. The van der Waals surface area contributed by atoms with Gasteiger partial charge in [-0.05, 0) is 18.9 Å². The van der Waals surface area contributed by atoms with Gasteiger partial charge in [-0.1, -0.05) is 0 Å². The Kier molecular flexibility index (Phi) is 4.45. The van der Waals surface area contributed by atoms with Crippen LogP contribution in [-0.4, -0.2) is 43.9 Å². The summed E-state index contributed by atoms with van der Waals surface area (Å²) in [5, 5.41) is 10.8. The molecule has 1 aliphatic rings. The zero-order chi connectivity index (χ0) is 15.6. The summed E-state index contributed by atoms with van der Waals surface area (Å²) in [7, 11) is -2.51. The van der Waals surface area contributed by atoms with E-state index in [0.29, 0.717) is 25.9 Å². The van der Waals surface area contributed by atoms with Gasteiger partial charge < -0.3 is 10.5 Å². The first kappa shape index (κ1) is 15.7. The SMILES string of the molecule is COc1ccc([N+](=O)[O-])cc1S(=O)(=O)N1CCC(N)CC1. The minimum Gasteiger partial charge on any atom is -0.495 e. The molecule has 1 aromatic carbocycles. The molecule has 0 aliphatic carbocycles. The molecule has 0 aromatic heterocycles. The lowest BCUT2D eigenvalue weighted by atomic mass is 10.1. The molecule has 8 nitrogen and oxygen atoms in total. The smallest absolute Gasteiger partial charge is 0.271 e. The van der Waals surface area contributed by atoms with Gasteiger partial charge in [0.05, 0.1) is 12.0 Å². The maximum absolute atomic E-state index is 12.6. The Morgan fingerprint density at radius 3 is 2.52 bits per heavy atom. The second-order valence-corrected chi connectivity index (χ2v) is 6.74. The lowest BCUT2D eigenvalue weighted by molar-refractivity contribution is -0.385. The molecular weight excluding hydrogens is 298 g/mol. The van der Waals surface area contributed by atoms with E-state index in [1.165, 1.54) is 23.5 Å². The molecular formula is C12H17N3O5S. The zero-order valence-corrected chi connectivity index (χ0v) is 12.4. The maximum Gasteiger partial charge on any atom is 0.271 e. The highest BCUT2D eigenvalue weighted by Crippen LogP contribution is 2.31. The normalized spacial score (nSPS) is 17.6. The van der Waals surface area contributed by atoms with E-state index in [0.717, 1.165) is 6.07 Å². The first-order valence-corrected chi connectivity index (χ1v) is 7.88. The Hall–Kier alpha value is -1.71. The molecule has 0 amide bonds. The van der Waals surface area contributed by atoms with Gasteiger partial charge in [0, 0.05) is 31.3 Å². The Morgan fingerprint density at radius 1 is 1.38 bits per heavy atom. The van der Waals surface area contributed by atoms with Crippen LogP contribution in [0.1, 0.15) is 12.8 Å². The van der Waals surface area contributed by atoms with Gasteiger partial charge in [-0.15, -0.1) is 0 Å². The number of nitrogens with zero attached hydrogens (tertiary/aromatic N) is 2. The van der Waals surface area contributed by atoms with Crippen molar-refractivity contribution in [3.63, 3.8) is 0 Å². The van der Waals surface area contributed by atoms with Gasteiger partial charge in [0.2, 0.25) is 10.0 Å². The molecule has 0 atom stereocenters. The van der Waals surface area contributed by atoms with Gasteiger partial charge >= 0.3 is 0 Å². The van der Waals surface area contributed by atoms with E-state index in [1.807, 2.05) is 0 Å². The van der Waals surface area contributed by atoms with Crippen LogP contribution in [0.3, 0.4) is 0 Å². The third kappa shape index (κ3) is 3.14. The fourth-order valence-corrected chi connectivity index (χ4v) is 3.88. The minimum atomic E-state index is -3.84. The fourth-order valence-electron chi connectivity index (χ4n) is 2.24. The van der Waals surface area contributed by atoms with Gasteiger partial charge in [-0.25, -0.2) is 8.42 Å². The highest BCUT2D eigenvalue weighted by molar-refractivity contribution is 7.89. The Balaban J connectivity index is 2.43. The second kappa shape index (κ2) is 5.96. The predicted octanol–water partition coefficient (Wildman–Crippen LogP) is 0.715. The predicted molar refractivity (Wildman–Crippen MR) is 75.6 cm³/mol. The zero-order valence-electron chi connectivity index (χ0n) is 11.6.